The van der Waals surface area contributed by atoms with Crippen LogP contribution in [0, 0.1) is 5.92 Å². The lowest BCUT2D eigenvalue weighted by molar-refractivity contribution is -0.132. The van der Waals surface area contributed by atoms with E-state index in [0.29, 0.717) is 25.2 Å². The van der Waals surface area contributed by atoms with Crippen LogP contribution in [0.5, 0.6) is 0 Å². The molecule has 4 amide bonds. The lowest BCUT2D eigenvalue weighted by Crippen LogP contribution is -2.49. The van der Waals surface area contributed by atoms with E-state index >= 15 is 0 Å². The number of aromatic nitrogens is 1. The van der Waals surface area contributed by atoms with Crippen LogP contribution in [0.25, 0.3) is 0 Å². The Morgan fingerprint density at radius 2 is 1.81 bits per heavy atom. The van der Waals surface area contributed by atoms with Crippen molar-refractivity contribution in [3.8, 4) is 0 Å². The smallest absolute Gasteiger partial charge is 0.330 e. The quantitative estimate of drug-likeness (QED) is 0.752. The maximum atomic E-state index is 13.4. The van der Waals surface area contributed by atoms with Crippen molar-refractivity contribution in [2.75, 3.05) is 36.0 Å². The average molecular weight is 431 g/mol. The van der Waals surface area contributed by atoms with Gasteiger partial charge in [-0.3, -0.25) is 9.59 Å². The predicted octanol–water partition coefficient (Wildman–Crippen LogP) is 2.04. The van der Waals surface area contributed by atoms with Crippen molar-refractivity contribution in [3.05, 3.63) is 53.7 Å². The Hall–Kier alpha value is -3.42. The van der Waals surface area contributed by atoms with E-state index in [4.69, 9.17) is 0 Å². The van der Waals surface area contributed by atoms with E-state index in [-0.39, 0.29) is 17.7 Å². The molecule has 1 N–H and O–H groups in total. The zero-order valence-corrected chi connectivity index (χ0v) is 17.8. The lowest BCUT2D eigenvalue weighted by atomic mass is 9.92. The molecule has 1 aromatic heterocycles. The molecule has 1 saturated carbocycles. The normalized spacial score (nSPS) is 24.8. The summed E-state index contributed by atoms with van der Waals surface area (Å²) in [4.78, 5) is 48.3. The van der Waals surface area contributed by atoms with E-state index in [1.54, 1.807) is 12.3 Å². The monoisotopic (exact) mass is 431 g/mol. The Labute approximate surface area is 186 Å². The van der Waals surface area contributed by atoms with Gasteiger partial charge in [-0.2, -0.15) is 0 Å². The number of imide groups is 1. The van der Waals surface area contributed by atoms with E-state index in [0.717, 1.165) is 49.3 Å². The number of urea groups is 1. The van der Waals surface area contributed by atoms with Crippen LogP contribution in [0.4, 0.5) is 16.3 Å². The van der Waals surface area contributed by atoms with Crippen LogP contribution in [0.3, 0.4) is 0 Å². The van der Waals surface area contributed by atoms with Crippen molar-refractivity contribution in [1.29, 1.82) is 0 Å². The number of hydrogen-bond acceptors (Lipinski definition) is 5. The van der Waals surface area contributed by atoms with Crippen LogP contribution in [0.1, 0.15) is 30.4 Å². The first-order valence-electron chi connectivity index (χ1n) is 11.3. The summed E-state index contributed by atoms with van der Waals surface area (Å²) in [7, 11) is 0. The molecule has 8 heteroatoms. The number of pyridine rings is 1. The minimum Gasteiger partial charge on any atom is -0.353 e. The van der Waals surface area contributed by atoms with Gasteiger partial charge in [-0.05, 0) is 48.9 Å². The topological polar surface area (TPSA) is 85.9 Å². The molecule has 8 nitrogen and oxygen atoms in total. The minimum absolute atomic E-state index is 0.241. The molecule has 0 radical (unpaired) electrons. The molecule has 2 saturated heterocycles. The highest BCUT2D eigenvalue weighted by Crippen LogP contribution is 2.42. The predicted molar refractivity (Wildman–Crippen MR) is 118 cm³/mol. The number of amides is 4. The summed E-state index contributed by atoms with van der Waals surface area (Å²) in [6.07, 6.45) is 4.98. The molecule has 1 aromatic carbocycles. The highest BCUT2D eigenvalue weighted by atomic mass is 16.2. The van der Waals surface area contributed by atoms with Gasteiger partial charge in [0.15, 0.2) is 0 Å². The molecule has 1 spiro atoms. The number of hydrogen-bond donors (Lipinski definition) is 1. The second-order valence-corrected chi connectivity index (χ2v) is 9.09. The van der Waals surface area contributed by atoms with E-state index in [9.17, 15) is 14.4 Å². The molecule has 32 heavy (non-hydrogen) atoms. The molecule has 4 aliphatic rings. The summed E-state index contributed by atoms with van der Waals surface area (Å²) in [6, 6.07) is 11.0. The molecular formula is C24H25N5O3. The Balaban J connectivity index is 1.18. The lowest BCUT2D eigenvalue weighted by Gasteiger charge is -2.35. The Morgan fingerprint density at radius 1 is 1.03 bits per heavy atom. The highest BCUT2D eigenvalue weighted by Gasteiger charge is 2.55. The van der Waals surface area contributed by atoms with Gasteiger partial charge in [-0.15, -0.1) is 0 Å². The Kier molecular flexibility index (Phi) is 4.25. The third-order valence-electron chi connectivity index (χ3n) is 7.17. The highest BCUT2D eigenvalue weighted by molar-refractivity contribution is 6.23. The van der Waals surface area contributed by atoms with Crippen molar-refractivity contribution in [2.45, 2.75) is 31.2 Å². The first kappa shape index (κ1) is 19.3. The number of carbonyl (C=O) groups excluding carboxylic acids is 3. The minimum atomic E-state index is -0.975. The second-order valence-electron chi connectivity index (χ2n) is 9.09. The number of nitrogens with zero attached hydrogens (tertiary/aromatic N) is 4. The third-order valence-corrected chi connectivity index (χ3v) is 7.17. The summed E-state index contributed by atoms with van der Waals surface area (Å²) in [6.45, 7) is 2.86. The zero-order valence-electron chi connectivity index (χ0n) is 17.8. The number of benzene rings is 1. The summed E-state index contributed by atoms with van der Waals surface area (Å²) in [5.74, 6) is 1.08. The van der Waals surface area contributed by atoms with Crippen molar-refractivity contribution < 1.29 is 14.4 Å². The SMILES string of the molecule is O=C(C1CC1)N1CCN(c2ccc(N3C(=O)NC4(CCc5ccccc54)C3=O)cn2)CC1. The Bertz CT molecular complexity index is 1100. The number of carbonyl (C=O) groups is 3. The number of piperazine rings is 1. The summed E-state index contributed by atoms with van der Waals surface area (Å²) in [5.41, 5.74) is 1.50. The number of fused-ring (bicyclic) bond motifs is 2. The van der Waals surface area contributed by atoms with Gasteiger partial charge < -0.3 is 15.1 Å². The zero-order chi connectivity index (χ0) is 21.9. The van der Waals surface area contributed by atoms with E-state index in [1.165, 1.54) is 4.90 Å². The van der Waals surface area contributed by atoms with E-state index < -0.39 is 11.6 Å². The molecule has 3 heterocycles. The first-order chi connectivity index (χ1) is 15.6. The molecule has 2 aliphatic heterocycles. The molecule has 2 aromatic rings. The number of aryl methyl sites for hydroxylation is 1. The molecule has 0 bridgehead atoms. The van der Waals surface area contributed by atoms with Gasteiger partial charge >= 0.3 is 6.03 Å². The van der Waals surface area contributed by atoms with Gasteiger partial charge in [0.2, 0.25) is 5.91 Å². The molecule has 1 unspecified atom stereocenters. The Morgan fingerprint density at radius 3 is 2.53 bits per heavy atom. The fraction of sp³-hybridized carbons (Fsp3) is 0.417. The van der Waals surface area contributed by atoms with Crippen LogP contribution in [-0.2, 0) is 21.5 Å². The first-order valence-corrected chi connectivity index (χ1v) is 11.3. The number of nitrogens with one attached hydrogen (secondary N) is 1. The van der Waals surface area contributed by atoms with Crippen molar-refractivity contribution in [2.24, 2.45) is 5.92 Å². The van der Waals surface area contributed by atoms with Crippen LogP contribution in [0.15, 0.2) is 42.6 Å². The van der Waals surface area contributed by atoms with Crippen LogP contribution < -0.4 is 15.1 Å². The standard InChI is InChI=1S/C24H25N5O3/c30-21(17-5-6-17)28-13-11-27(12-14-28)20-8-7-18(15-25-20)29-22(31)24(26-23(29)32)10-9-16-3-1-2-4-19(16)24/h1-4,7-8,15,17H,5-6,9-14H2,(H,26,32). The number of anilines is 2. The fourth-order valence-electron chi connectivity index (χ4n) is 5.21. The van der Waals surface area contributed by atoms with Gasteiger partial charge in [0.25, 0.3) is 5.91 Å². The van der Waals surface area contributed by atoms with Crippen LogP contribution in [-0.4, -0.2) is 53.9 Å². The average Bonchev–Trinajstić information content (AvgIpc) is 3.57. The van der Waals surface area contributed by atoms with E-state index in [2.05, 4.69) is 15.2 Å². The van der Waals surface area contributed by atoms with Gasteiger partial charge in [0.1, 0.15) is 11.4 Å². The fourth-order valence-corrected chi connectivity index (χ4v) is 5.21. The molecular weight excluding hydrogens is 406 g/mol. The second kappa shape index (κ2) is 7.05. The molecule has 1 atom stereocenters. The van der Waals surface area contributed by atoms with Gasteiger partial charge in [-0.1, -0.05) is 24.3 Å². The van der Waals surface area contributed by atoms with Crippen LogP contribution in [0.2, 0.25) is 0 Å². The summed E-state index contributed by atoms with van der Waals surface area (Å²) >= 11 is 0. The maximum absolute atomic E-state index is 13.4. The van der Waals surface area contributed by atoms with Crippen molar-refractivity contribution in [3.63, 3.8) is 0 Å². The maximum Gasteiger partial charge on any atom is 0.330 e. The molecule has 164 valence electrons. The van der Waals surface area contributed by atoms with Gasteiger partial charge in [0.05, 0.1) is 11.9 Å². The van der Waals surface area contributed by atoms with E-state index in [1.807, 2.05) is 35.2 Å². The molecule has 2 aliphatic carbocycles. The summed E-state index contributed by atoms with van der Waals surface area (Å²) in [5, 5.41) is 2.95. The largest absolute Gasteiger partial charge is 0.353 e. The van der Waals surface area contributed by atoms with Gasteiger partial charge in [0, 0.05) is 32.1 Å². The van der Waals surface area contributed by atoms with Crippen molar-refractivity contribution >= 4 is 29.4 Å². The van der Waals surface area contributed by atoms with Gasteiger partial charge in [-0.25, -0.2) is 14.7 Å². The molecule has 6 rings (SSSR count). The third kappa shape index (κ3) is 2.89. The van der Waals surface area contributed by atoms with Crippen LogP contribution >= 0.6 is 0 Å². The van der Waals surface area contributed by atoms with Crippen molar-refractivity contribution in [1.82, 2.24) is 15.2 Å². The molecule has 3 fully saturated rings. The number of rotatable bonds is 3. The summed E-state index contributed by atoms with van der Waals surface area (Å²) < 4.78 is 0.